The SMILES string of the molecule is COC(=O)C1CCN(C(=O)CN2CCCc3c(C)ccc(F)c32)CC1. The third-order valence-corrected chi connectivity index (χ3v) is 5.35. The number of rotatable bonds is 3. The average molecular weight is 348 g/mol. The molecule has 2 heterocycles. The van der Waals surface area contributed by atoms with Gasteiger partial charge >= 0.3 is 5.97 Å². The Labute approximate surface area is 147 Å². The van der Waals surface area contributed by atoms with Gasteiger partial charge in [-0.3, -0.25) is 9.59 Å². The van der Waals surface area contributed by atoms with Crippen molar-refractivity contribution < 1.29 is 18.7 Å². The minimum atomic E-state index is -0.252. The molecule has 5 nitrogen and oxygen atoms in total. The third-order valence-electron chi connectivity index (χ3n) is 5.35. The summed E-state index contributed by atoms with van der Waals surface area (Å²) in [5, 5.41) is 0. The summed E-state index contributed by atoms with van der Waals surface area (Å²) in [6, 6.07) is 3.29. The number of anilines is 1. The van der Waals surface area contributed by atoms with Gasteiger partial charge in [0.05, 0.1) is 25.3 Å². The Kier molecular flexibility index (Phi) is 5.25. The van der Waals surface area contributed by atoms with Gasteiger partial charge < -0.3 is 14.5 Å². The van der Waals surface area contributed by atoms with Crippen LogP contribution in [0, 0.1) is 18.7 Å². The fourth-order valence-electron chi connectivity index (χ4n) is 3.88. The summed E-state index contributed by atoms with van der Waals surface area (Å²) in [7, 11) is 1.39. The maximum Gasteiger partial charge on any atom is 0.308 e. The Morgan fingerprint density at radius 2 is 1.96 bits per heavy atom. The molecule has 2 aliphatic rings. The summed E-state index contributed by atoms with van der Waals surface area (Å²) in [6.07, 6.45) is 3.04. The molecule has 0 radical (unpaired) electrons. The van der Waals surface area contributed by atoms with Crippen molar-refractivity contribution in [3.05, 3.63) is 29.1 Å². The summed E-state index contributed by atoms with van der Waals surface area (Å²) in [5.74, 6) is -0.575. The van der Waals surface area contributed by atoms with E-state index < -0.39 is 0 Å². The zero-order valence-electron chi connectivity index (χ0n) is 14.9. The molecule has 0 unspecified atom stereocenters. The lowest BCUT2D eigenvalue weighted by molar-refractivity contribution is -0.148. The first kappa shape index (κ1) is 17.7. The first-order chi connectivity index (χ1) is 12.0. The van der Waals surface area contributed by atoms with Crippen LogP contribution in [0.25, 0.3) is 0 Å². The van der Waals surface area contributed by atoms with E-state index in [-0.39, 0.29) is 30.2 Å². The van der Waals surface area contributed by atoms with Crippen LogP contribution in [-0.4, -0.2) is 50.1 Å². The fourth-order valence-corrected chi connectivity index (χ4v) is 3.88. The zero-order valence-corrected chi connectivity index (χ0v) is 14.9. The summed E-state index contributed by atoms with van der Waals surface area (Å²) < 4.78 is 19.1. The van der Waals surface area contributed by atoms with Crippen molar-refractivity contribution in [2.45, 2.75) is 32.6 Å². The number of halogens is 1. The first-order valence-electron chi connectivity index (χ1n) is 8.89. The second-order valence-corrected chi connectivity index (χ2v) is 6.89. The monoisotopic (exact) mass is 348 g/mol. The molecule has 1 amide bonds. The highest BCUT2D eigenvalue weighted by molar-refractivity contribution is 5.82. The van der Waals surface area contributed by atoms with Crippen LogP contribution in [0.4, 0.5) is 10.1 Å². The number of benzene rings is 1. The predicted octanol–water partition coefficient (Wildman–Crippen LogP) is 2.30. The van der Waals surface area contributed by atoms with E-state index in [0.29, 0.717) is 38.2 Å². The van der Waals surface area contributed by atoms with Gasteiger partial charge in [-0.1, -0.05) is 6.07 Å². The van der Waals surface area contributed by atoms with Crippen LogP contribution in [0.1, 0.15) is 30.4 Å². The molecule has 1 aromatic carbocycles. The smallest absolute Gasteiger partial charge is 0.308 e. The fraction of sp³-hybridized carbons (Fsp3) is 0.579. The van der Waals surface area contributed by atoms with Crippen LogP contribution >= 0.6 is 0 Å². The lowest BCUT2D eigenvalue weighted by Gasteiger charge is -2.36. The number of aryl methyl sites for hydroxylation is 1. The Bertz CT molecular complexity index is 669. The molecule has 0 aliphatic carbocycles. The maximum atomic E-state index is 14.4. The standard InChI is InChI=1S/C19H25FN2O3/c1-13-5-6-16(20)18-15(13)4-3-9-22(18)12-17(23)21-10-7-14(8-11-21)19(24)25-2/h5-6,14H,3-4,7-12H2,1-2H3. The number of fused-ring (bicyclic) bond motifs is 1. The number of amides is 1. The normalized spacial score (nSPS) is 18.0. The highest BCUT2D eigenvalue weighted by Gasteiger charge is 2.30. The van der Waals surface area contributed by atoms with Crippen molar-refractivity contribution >= 4 is 17.6 Å². The Morgan fingerprint density at radius 3 is 2.64 bits per heavy atom. The van der Waals surface area contributed by atoms with Crippen molar-refractivity contribution in [3.8, 4) is 0 Å². The molecule has 1 saturated heterocycles. The van der Waals surface area contributed by atoms with E-state index in [4.69, 9.17) is 4.74 Å². The van der Waals surface area contributed by atoms with E-state index in [9.17, 15) is 14.0 Å². The van der Waals surface area contributed by atoms with Crippen molar-refractivity contribution in [1.29, 1.82) is 0 Å². The van der Waals surface area contributed by atoms with Gasteiger partial charge in [-0.25, -0.2) is 4.39 Å². The van der Waals surface area contributed by atoms with Crippen molar-refractivity contribution in [3.63, 3.8) is 0 Å². The summed E-state index contributed by atoms with van der Waals surface area (Å²) in [5.41, 5.74) is 2.68. The number of piperidine rings is 1. The highest BCUT2D eigenvalue weighted by Crippen LogP contribution is 2.32. The van der Waals surface area contributed by atoms with Crippen LogP contribution in [0.5, 0.6) is 0 Å². The van der Waals surface area contributed by atoms with Crippen molar-refractivity contribution in [2.75, 3.05) is 38.2 Å². The van der Waals surface area contributed by atoms with Gasteiger partial charge in [0.2, 0.25) is 5.91 Å². The number of methoxy groups -OCH3 is 1. The molecule has 0 atom stereocenters. The number of nitrogens with zero attached hydrogens (tertiary/aromatic N) is 2. The second-order valence-electron chi connectivity index (χ2n) is 6.89. The number of esters is 1. The number of hydrogen-bond donors (Lipinski definition) is 0. The van der Waals surface area contributed by atoms with Crippen LogP contribution in [-0.2, 0) is 20.7 Å². The predicted molar refractivity (Wildman–Crippen MR) is 93.0 cm³/mol. The Morgan fingerprint density at radius 1 is 1.24 bits per heavy atom. The molecule has 1 fully saturated rings. The van der Waals surface area contributed by atoms with Gasteiger partial charge in [0.1, 0.15) is 5.82 Å². The van der Waals surface area contributed by atoms with Crippen molar-refractivity contribution in [2.24, 2.45) is 5.92 Å². The molecule has 6 heteroatoms. The van der Waals surface area contributed by atoms with E-state index >= 15 is 0 Å². The van der Waals surface area contributed by atoms with Gasteiger partial charge in [0, 0.05) is 19.6 Å². The molecule has 2 aliphatic heterocycles. The summed E-state index contributed by atoms with van der Waals surface area (Å²) in [4.78, 5) is 27.9. The third kappa shape index (κ3) is 3.62. The van der Waals surface area contributed by atoms with Gasteiger partial charge in [-0.05, 0) is 49.8 Å². The minimum Gasteiger partial charge on any atom is -0.469 e. The van der Waals surface area contributed by atoms with Crippen molar-refractivity contribution in [1.82, 2.24) is 4.90 Å². The van der Waals surface area contributed by atoms with Gasteiger partial charge in [0.25, 0.3) is 0 Å². The van der Waals surface area contributed by atoms with E-state index in [0.717, 1.165) is 24.0 Å². The Hall–Kier alpha value is -2.11. The molecule has 1 aromatic rings. The number of hydrogen-bond acceptors (Lipinski definition) is 4. The first-order valence-corrected chi connectivity index (χ1v) is 8.89. The highest BCUT2D eigenvalue weighted by atomic mass is 19.1. The molecule has 0 N–H and O–H groups in total. The van der Waals surface area contributed by atoms with Gasteiger partial charge in [-0.15, -0.1) is 0 Å². The van der Waals surface area contributed by atoms with Gasteiger partial charge in [-0.2, -0.15) is 0 Å². The second kappa shape index (κ2) is 7.42. The number of ether oxygens (including phenoxy) is 1. The molecule has 0 aromatic heterocycles. The minimum absolute atomic E-state index is 0.00271. The summed E-state index contributed by atoms with van der Waals surface area (Å²) >= 11 is 0. The number of carbonyl (C=O) groups excluding carboxylic acids is 2. The topological polar surface area (TPSA) is 49.9 Å². The summed E-state index contributed by atoms with van der Waals surface area (Å²) in [6.45, 7) is 3.97. The lowest BCUT2D eigenvalue weighted by Crippen LogP contribution is -2.46. The molecule has 25 heavy (non-hydrogen) atoms. The lowest BCUT2D eigenvalue weighted by atomic mass is 9.96. The molecule has 0 saturated carbocycles. The van der Waals surface area contributed by atoms with Crippen LogP contribution in [0.3, 0.4) is 0 Å². The van der Waals surface area contributed by atoms with E-state index in [1.54, 1.807) is 11.0 Å². The molecular weight excluding hydrogens is 323 g/mol. The van der Waals surface area contributed by atoms with Crippen LogP contribution < -0.4 is 4.90 Å². The molecule has 0 bridgehead atoms. The molecule has 136 valence electrons. The number of carbonyl (C=O) groups is 2. The Balaban J connectivity index is 1.66. The van der Waals surface area contributed by atoms with Gasteiger partial charge in [0.15, 0.2) is 0 Å². The molecule has 3 rings (SSSR count). The quantitative estimate of drug-likeness (QED) is 0.787. The van der Waals surface area contributed by atoms with E-state index in [2.05, 4.69) is 0 Å². The molecule has 0 spiro atoms. The zero-order chi connectivity index (χ0) is 18.0. The molecular formula is C19H25FN2O3. The van der Waals surface area contributed by atoms with Crippen LogP contribution in [0.15, 0.2) is 12.1 Å². The van der Waals surface area contributed by atoms with E-state index in [1.165, 1.54) is 13.2 Å². The maximum absolute atomic E-state index is 14.4. The average Bonchev–Trinajstić information content (AvgIpc) is 2.64. The van der Waals surface area contributed by atoms with Crippen LogP contribution in [0.2, 0.25) is 0 Å². The van der Waals surface area contributed by atoms with E-state index in [1.807, 2.05) is 11.8 Å². The number of likely N-dealkylation sites (tertiary alicyclic amines) is 1. The largest absolute Gasteiger partial charge is 0.469 e.